The number of carbonyl (C=O) groups is 1. The number of thiophene rings is 1. The number of carbonyl (C=O) groups excluding carboxylic acids is 1. The first-order chi connectivity index (χ1) is 9.70. The van der Waals surface area contributed by atoms with Crippen molar-refractivity contribution in [2.24, 2.45) is 7.05 Å². The summed E-state index contributed by atoms with van der Waals surface area (Å²) in [6.07, 6.45) is 3.08. The number of aliphatic hydroxyl groups excluding tert-OH is 1. The molecule has 0 radical (unpaired) electrons. The molecule has 0 saturated carbocycles. The third kappa shape index (κ3) is 3.88. The molecule has 0 spiro atoms. The highest BCUT2D eigenvalue weighted by molar-refractivity contribution is 7.07. The Morgan fingerprint density at radius 1 is 1.55 bits per heavy atom. The minimum Gasteiger partial charge on any atom is -0.396 e. The molecule has 0 fully saturated rings. The average Bonchev–Trinajstić information content (AvgIpc) is 3.08. The summed E-state index contributed by atoms with van der Waals surface area (Å²) in [7, 11) is 1.72. The van der Waals surface area contributed by atoms with Crippen LogP contribution in [0.15, 0.2) is 23.0 Å². The number of nitrogens with zero attached hydrogens (tertiary/aromatic N) is 3. The molecule has 2 aromatic heterocycles. The van der Waals surface area contributed by atoms with Crippen molar-refractivity contribution in [2.45, 2.75) is 18.8 Å². The summed E-state index contributed by atoms with van der Waals surface area (Å²) in [4.78, 5) is 11.8. The van der Waals surface area contributed by atoms with Crippen LogP contribution in [0.1, 0.15) is 34.8 Å². The minimum atomic E-state index is -0.217. The topological polar surface area (TPSA) is 80.0 Å². The Labute approximate surface area is 121 Å². The molecule has 7 heteroatoms. The van der Waals surface area contributed by atoms with Gasteiger partial charge in [0.2, 0.25) is 0 Å². The quantitative estimate of drug-likeness (QED) is 0.803. The van der Waals surface area contributed by atoms with Crippen LogP contribution >= 0.6 is 11.3 Å². The van der Waals surface area contributed by atoms with E-state index in [0.29, 0.717) is 18.7 Å². The smallest absolute Gasteiger partial charge is 0.273 e. The second-order valence-corrected chi connectivity index (χ2v) is 5.37. The van der Waals surface area contributed by atoms with E-state index < -0.39 is 0 Å². The fourth-order valence-corrected chi connectivity index (χ4v) is 2.79. The molecule has 0 aromatic carbocycles. The summed E-state index contributed by atoms with van der Waals surface area (Å²) in [5, 5.41) is 23.6. The lowest BCUT2D eigenvalue weighted by molar-refractivity contribution is 0.0947. The van der Waals surface area contributed by atoms with E-state index in [0.717, 1.165) is 6.42 Å². The zero-order valence-corrected chi connectivity index (χ0v) is 12.1. The first-order valence-corrected chi connectivity index (χ1v) is 7.42. The van der Waals surface area contributed by atoms with Gasteiger partial charge >= 0.3 is 0 Å². The van der Waals surface area contributed by atoms with Crippen LogP contribution in [0.2, 0.25) is 0 Å². The molecule has 0 unspecified atom stereocenters. The van der Waals surface area contributed by atoms with Gasteiger partial charge in [-0.25, -0.2) is 0 Å². The van der Waals surface area contributed by atoms with E-state index in [2.05, 4.69) is 27.1 Å². The number of aliphatic hydroxyl groups is 1. The predicted octanol–water partition coefficient (Wildman–Crippen LogP) is 1.16. The Morgan fingerprint density at radius 2 is 2.40 bits per heavy atom. The largest absolute Gasteiger partial charge is 0.396 e. The van der Waals surface area contributed by atoms with Crippen molar-refractivity contribution in [1.29, 1.82) is 0 Å². The fourth-order valence-electron chi connectivity index (χ4n) is 2.04. The van der Waals surface area contributed by atoms with E-state index in [9.17, 15) is 4.79 Å². The summed E-state index contributed by atoms with van der Waals surface area (Å²) in [6.45, 7) is 0.703. The zero-order chi connectivity index (χ0) is 14.4. The maximum atomic E-state index is 11.8. The summed E-state index contributed by atoms with van der Waals surface area (Å²) >= 11 is 1.64. The summed E-state index contributed by atoms with van der Waals surface area (Å²) in [5.74, 6) is 0.0552. The van der Waals surface area contributed by atoms with E-state index in [-0.39, 0.29) is 18.4 Å². The Balaban J connectivity index is 1.83. The number of rotatable bonds is 7. The molecule has 2 N–H and O–H groups in total. The van der Waals surface area contributed by atoms with Crippen molar-refractivity contribution < 1.29 is 9.90 Å². The molecule has 0 aliphatic rings. The lowest BCUT2D eigenvalue weighted by atomic mass is 9.95. The van der Waals surface area contributed by atoms with Crippen LogP contribution < -0.4 is 5.32 Å². The number of nitrogens with one attached hydrogen (secondary N) is 1. The van der Waals surface area contributed by atoms with Crippen LogP contribution in [0.25, 0.3) is 0 Å². The second-order valence-electron chi connectivity index (χ2n) is 4.59. The van der Waals surface area contributed by atoms with Gasteiger partial charge in [-0.1, -0.05) is 5.21 Å². The van der Waals surface area contributed by atoms with Crippen molar-refractivity contribution in [3.05, 3.63) is 34.3 Å². The fraction of sp³-hybridized carbons (Fsp3) is 0.462. The third-order valence-corrected chi connectivity index (χ3v) is 3.81. The van der Waals surface area contributed by atoms with Gasteiger partial charge in [-0.05, 0) is 41.1 Å². The molecular formula is C13H18N4O2S. The van der Waals surface area contributed by atoms with Gasteiger partial charge in [0.25, 0.3) is 5.91 Å². The van der Waals surface area contributed by atoms with Gasteiger partial charge in [-0.15, -0.1) is 5.10 Å². The Morgan fingerprint density at radius 3 is 3.00 bits per heavy atom. The van der Waals surface area contributed by atoms with Crippen molar-refractivity contribution in [1.82, 2.24) is 20.3 Å². The first-order valence-electron chi connectivity index (χ1n) is 6.48. The van der Waals surface area contributed by atoms with Crippen LogP contribution in [0.4, 0.5) is 0 Å². The van der Waals surface area contributed by atoms with Crippen molar-refractivity contribution in [3.63, 3.8) is 0 Å². The number of amides is 1. The molecule has 2 rings (SSSR count). The molecule has 108 valence electrons. The average molecular weight is 294 g/mol. The highest BCUT2D eigenvalue weighted by Gasteiger charge is 2.13. The van der Waals surface area contributed by atoms with Gasteiger partial charge in [0, 0.05) is 20.2 Å². The standard InChI is InChI=1S/C13H18N4O2S/c1-17-8-12(15-16-17)13(19)14-5-2-10(3-6-18)11-4-7-20-9-11/h4,7-10,18H,2-3,5-6H2,1H3,(H,14,19)/t10-/m1/s1. The molecule has 2 aromatic rings. The Kier molecular flexibility index (Phi) is 5.25. The van der Waals surface area contributed by atoms with Gasteiger partial charge in [0.05, 0.1) is 6.20 Å². The highest BCUT2D eigenvalue weighted by Crippen LogP contribution is 2.24. The molecule has 6 nitrogen and oxygen atoms in total. The number of aryl methyl sites for hydroxylation is 1. The Hall–Kier alpha value is -1.73. The molecule has 0 aliphatic carbocycles. The van der Waals surface area contributed by atoms with Gasteiger partial charge in [0.15, 0.2) is 5.69 Å². The second kappa shape index (κ2) is 7.16. The molecule has 2 heterocycles. The van der Waals surface area contributed by atoms with Gasteiger partial charge in [-0.3, -0.25) is 9.48 Å². The van der Waals surface area contributed by atoms with Gasteiger partial charge < -0.3 is 10.4 Å². The van der Waals surface area contributed by atoms with E-state index in [1.165, 1.54) is 10.2 Å². The maximum absolute atomic E-state index is 11.8. The van der Waals surface area contributed by atoms with Crippen molar-refractivity contribution in [3.8, 4) is 0 Å². The number of hydrogen-bond acceptors (Lipinski definition) is 5. The molecule has 0 bridgehead atoms. The van der Waals surface area contributed by atoms with E-state index in [4.69, 9.17) is 5.11 Å². The Bertz CT molecular complexity index is 538. The molecule has 0 saturated heterocycles. The molecule has 1 amide bonds. The van der Waals surface area contributed by atoms with Crippen LogP contribution in [-0.2, 0) is 7.05 Å². The third-order valence-electron chi connectivity index (χ3n) is 3.11. The number of aromatic nitrogens is 3. The molecule has 20 heavy (non-hydrogen) atoms. The zero-order valence-electron chi connectivity index (χ0n) is 11.3. The van der Waals surface area contributed by atoms with Crippen molar-refractivity contribution in [2.75, 3.05) is 13.2 Å². The van der Waals surface area contributed by atoms with Crippen LogP contribution in [-0.4, -0.2) is 39.2 Å². The molecule has 0 aliphatic heterocycles. The van der Waals surface area contributed by atoms with E-state index in [1.807, 2.05) is 5.38 Å². The predicted molar refractivity (Wildman–Crippen MR) is 76.7 cm³/mol. The lowest BCUT2D eigenvalue weighted by Crippen LogP contribution is -2.26. The maximum Gasteiger partial charge on any atom is 0.273 e. The van der Waals surface area contributed by atoms with Crippen molar-refractivity contribution >= 4 is 17.2 Å². The SMILES string of the molecule is Cn1cc(C(=O)NCC[C@H](CCO)c2ccsc2)nn1. The van der Waals surface area contributed by atoms with Crippen LogP contribution in [0, 0.1) is 0 Å². The normalized spacial score (nSPS) is 12.3. The summed E-state index contributed by atoms with van der Waals surface area (Å²) in [5.41, 5.74) is 1.54. The molecule has 1 atom stereocenters. The number of hydrogen-bond donors (Lipinski definition) is 2. The summed E-state index contributed by atoms with van der Waals surface area (Å²) in [6, 6.07) is 2.06. The minimum absolute atomic E-state index is 0.151. The summed E-state index contributed by atoms with van der Waals surface area (Å²) < 4.78 is 1.49. The van der Waals surface area contributed by atoms with Gasteiger partial charge in [-0.2, -0.15) is 11.3 Å². The first kappa shape index (κ1) is 14.7. The van der Waals surface area contributed by atoms with E-state index >= 15 is 0 Å². The highest BCUT2D eigenvalue weighted by atomic mass is 32.1. The van der Waals surface area contributed by atoms with Crippen LogP contribution in [0.5, 0.6) is 0 Å². The van der Waals surface area contributed by atoms with Gasteiger partial charge in [0.1, 0.15) is 0 Å². The van der Waals surface area contributed by atoms with E-state index in [1.54, 1.807) is 24.6 Å². The molecular weight excluding hydrogens is 276 g/mol. The monoisotopic (exact) mass is 294 g/mol. The van der Waals surface area contributed by atoms with Crippen LogP contribution in [0.3, 0.4) is 0 Å². The lowest BCUT2D eigenvalue weighted by Gasteiger charge is -2.14.